The molecular formula is C12H21BN2S. The predicted octanol–water partition coefficient (Wildman–Crippen LogP) is 2.48. The van der Waals surface area contributed by atoms with Gasteiger partial charge in [0.25, 0.3) is 0 Å². The molecule has 0 unspecified atom stereocenters. The Morgan fingerprint density at radius 1 is 1.44 bits per heavy atom. The molecule has 1 aromatic heterocycles. The van der Waals surface area contributed by atoms with Crippen LogP contribution in [0, 0.1) is 0 Å². The van der Waals surface area contributed by atoms with Crippen molar-refractivity contribution in [2.75, 3.05) is 7.05 Å². The van der Waals surface area contributed by atoms with E-state index in [1.165, 1.54) is 10.6 Å². The molecule has 0 bridgehead atoms. The summed E-state index contributed by atoms with van der Waals surface area (Å²) in [5.41, 5.74) is 1.40. The number of nitrogens with zero attached hydrogens (tertiary/aromatic N) is 2. The average Bonchev–Trinajstić information content (AvgIpc) is 2.43. The van der Waals surface area contributed by atoms with E-state index >= 15 is 0 Å². The number of rotatable bonds is 4. The molecule has 1 heterocycles. The molecule has 0 amide bonds. The Bertz CT molecular complexity index is 410. The van der Waals surface area contributed by atoms with E-state index in [1.54, 1.807) is 11.3 Å². The molecule has 1 rings (SSSR count). The van der Waals surface area contributed by atoms with Gasteiger partial charge in [0, 0.05) is 24.7 Å². The molecule has 88 valence electrons. The van der Waals surface area contributed by atoms with Crippen molar-refractivity contribution in [2.45, 2.75) is 45.3 Å². The average molecular weight is 236 g/mol. The van der Waals surface area contributed by atoms with Crippen molar-refractivity contribution in [3.05, 3.63) is 15.4 Å². The smallest absolute Gasteiger partial charge is 0.184 e. The minimum absolute atomic E-state index is 0.147. The van der Waals surface area contributed by atoms with Crippen LogP contribution in [0.2, 0.25) is 5.31 Å². The maximum absolute atomic E-state index is 6.10. The first-order chi connectivity index (χ1) is 7.39. The molecule has 0 spiro atoms. The van der Waals surface area contributed by atoms with Crippen molar-refractivity contribution in [1.29, 1.82) is 0 Å². The van der Waals surface area contributed by atoms with E-state index in [1.807, 2.05) is 7.05 Å². The Kier molecular flexibility index (Phi) is 4.42. The second-order valence-corrected chi connectivity index (χ2v) is 6.01. The minimum atomic E-state index is -0.147. The highest BCUT2D eigenvalue weighted by Crippen LogP contribution is 2.28. The van der Waals surface area contributed by atoms with Crippen molar-refractivity contribution in [2.24, 2.45) is 12.0 Å². The summed E-state index contributed by atoms with van der Waals surface area (Å²) in [6.45, 7) is 6.36. The van der Waals surface area contributed by atoms with Gasteiger partial charge in [-0.05, 0) is 12.8 Å². The third-order valence-corrected chi connectivity index (χ3v) is 3.79. The van der Waals surface area contributed by atoms with Crippen molar-refractivity contribution >= 4 is 19.2 Å². The maximum atomic E-state index is 6.10. The third-order valence-electron chi connectivity index (χ3n) is 2.52. The first kappa shape index (κ1) is 13.6. The number of hydrogen-bond acceptors (Lipinski definition) is 2. The fourth-order valence-electron chi connectivity index (χ4n) is 1.83. The summed E-state index contributed by atoms with van der Waals surface area (Å²) in [6.07, 6.45) is 3.19. The van der Waals surface area contributed by atoms with Gasteiger partial charge in [-0.25, -0.2) is 0 Å². The lowest BCUT2D eigenvalue weighted by atomic mass is 9.69. The number of thiazole rings is 1. The van der Waals surface area contributed by atoms with Crippen molar-refractivity contribution in [3.8, 4) is 0 Å². The molecule has 0 fully saturated rings. The van der Waals surface area contributed by atoms with E-state index in [9.17, 15) is 0 Å². The molecular weight excluding hydrogens is 215 g/mol. The quantitative estimate of drug-likeness (QED) is 0.714. The van der Waals surface area contributed by atoms with Crippen LogP contribution in [0.15, 0.2) is 4.99 Å². The molecule has 0 aliphatic heterocycles. The largest absolute Gasteiger partial charge is 0.324 e. The van der Waals surface area contributed by atoms with Crippen LogP contribution in [0.3, 0.4) is 0 Å². The zero-order valence-electron chi connectivity index (χ0n) is 11.0. The third kappa shape index (κ3) is 3.24. The van der Waals surface area contributed by atoms with E-state index in [2.05, 4.69) is 37.4 Å². The predicted molar refractivity (Wildman–Crippen MR) is 72.3 cm³/mol. The normalized spacial score (nSPS) is 13.4. The number of aromatic nitrogens is 1. The van der Waals surface area contributed by atoms with Gasteiger partial charge in [-0.2, -0.15) is 0 Å². The van der Waals surface area contributed by atoms with Gasteiger partial charge in [0.15, 0.2) is 4.80 Å². The molecule has 0 aromatic carbocycles. The molecule has 0 aliphatic rings. The van der Waals surface area contributed by atoms with Gasteiger partial charge < -0.3 is 4.57 Å². The van der Waals surface area contributed by atoms with E-state index in [-0.39, 0.29) is 5.31 Å². The fraction of sp³-hybridized carbons (Fsp3) is 0.750. The van der Waals surface area contributed by atoms with E-state index in [0.717, 1.165) is 24.1 Å². The first-order valence-corrected chi connectivity index (χ1v) is 6.60. The minimum Gasteiger partial charge on any atom is -0.324 e. The molecule has 16 heavy (non-hydrogen) atoms. The van der Waals surface area contributed by atoms with E-state index in [0.29, 0.717) is 0 Å². The van der Waals surface area contributed by atoms with Gasteiger partial charge in [-0.15, -0.1) is 11.3 Å². The SMILES string of the molecule is [B]C(C)(C)Cc1sc(=NC)n(C)c1CCC. The lowest BCUT2D eigenvalue weighted by Crippen LogP contribution is -2.13. The van der Waals surface area contributed by atoms with Crippen LogP contribution >= 0.6 is 11.3 Å². The standard InChI is InChI=1S/C12H21BN2S/c1-6-7-9-10(8-12(2,3)13)16-11(14-4)15(9)5/h6-8H2,1-5H3. The Morgan fingerprint density at radius 2 is 2.06 bits per heavy atom. The number of hydrogen-bond donors (Lipinski definition) is 0. The van der Waals surface area contributed by atoms with Crippen LogP contribution < -0.4 is 4.80 Å². The molecule has 2 radical (unpaired) electrons. The zero-order chi connectivity index (χ0) is 12.3. The van der Waals surface area contributed by atoms with Gasteiger partial charge in [-0.3, -0.25) is 4.99 Å². The van der Waals surface area contributed by atoms with Crippen LogP contribution in [0.4, 0.5) is 0 Å². The first-order valence-electron chi connectivity index (χ1n) is 5.78. The maximum Gasteiger partial charge on any atom is 0.184 e. The molecule has 0 saturated heterocycles. The van der Waals surface area contributed by atoms with Crippen molar-refractivity contribution in [3.63, 3.8) is 0 Å². The Labute approximate surface area is 104 Å². The molecule has 2 nitrogen and oxygen atoms in total. The van der Waals surface area contributed by atoms with Crippen LogP contribution in [-0.2, 0) is 19.9 Å². The lowest BCUT2D eigenvalue weighted by molar-refractivity contribution is 0.663. The van der Waals surface area contributed by atoms with Gasteiger partial charge >= 0.3 is 0 Å². The zero-order valence-corrected chi connectivity index (χ0v) is 11.8. The van der Waals surface area contributed by atoms with Gasteiger partial charge in [0.05, 0.1) is 7.85 Å². The molecule has 0 saturated carbocycles. The van der Waals surface area contributed by atoms with Crippen LogP contribution in [0.25, 0.3) is 0 Å². The van der Waals surface area contributed by atoms with Crippen molar-refractivity contribution in [1.82, 2.24) is 4.57 Å². The van der Waals surface area contributed by atoms with E-state index < -0.39 is 0 Å². The van der Waals surface area contributed by atoms with Crippen molar-refractivity contribution < 1.29 is 0 Å². The fourth-order valence-corrected chi connectivity index (χ4v) is 3.19. The molecule has 4 heteroatoms. The summed E-state index contributed by atoms with van der Waals surface area (Å²) in [6, 6.07) is 0. The highest BCUT2D eigenvalue weighted by Gasteiger charge is 2.17. The summed E-state index contributed by atoms with van der Waals surface area (Å²) >= 11 is 1.77. The van der Waals surface area contributed by atoms with E-state index in [4.69, 9.17) is 7.85 Å². The lowest BCUT2D eigenvalue weighted by Gasteiger charge is -2.18. The van der Waals surface area contributed by atoms with Crippen LogP contribution in [0.1, 0.15) is 37.8 Å². The van der Waals surface area contributed by atoms with Gasteiger partial charge in [-0.1, -0.05) is 32.5 Å². The molecule has 0 atom stereocenters. The molecule has 0 aliphatic carbocycles. The highest BCUT2D eigenvalue weighted by molar-refractivity contribution is 7.09. The second kappa shape index (κ2) is 5.22. The summed E-state index contributed by atoms with van der Waals surface area (Å²) in [5.74, 6) is 0. The second-order valence-electron chi connectivity index (χ2n) is 4.95. The molecule has 0 N–H and O–H groups in total. The Morgan fingerprint density at radius 3 is 2.50 bits per heavy atom. The summed E-state index contributed by atoms with van der Waals surface area (Å²) in [7, 11) is 10.0. The van der Waals surface area contributed by atoms with Crippen LogP contribution in [0.5, 0.6) is 0 Å². The van der Waals surface area contributed by atoms with Crippen LogP contribution in [-0.4, -0.2) is 19.5 Å². The molecule has 1 aromatic rings. The Balaban J connectivity index is 3.17. The monoisotopic (exact) mass is 236 g/mol. The van der Waals surface area contributed by atoms with Gasteiger partial charge in [0.1, 0.15) is 0 Å². The summed E-state index contributed by atoms with van der Waals surface area (Å²) < 4.78 is 2.20. The summed E-state index contributed by atoms with van der Waals surface area (Å²) in [4.78, 5) is 6.78. The summed E-state index contributed by atoms with van der Waals surface area (Å²) in [5, 5.41) is -0.147. The topological polar surface area (TPSA) is 17.3 Å². The highest BCUT2D eigenvalue weighted by atomic mass is 32.1. The Hall–Kier alpha value is -0.505. The van der Waals surface area contributed by atoms with Gasteiger partial charge in [0.2, 0.25) is 0 Å².